The second-order valence-electron chi connectivity index (χ2n) is 6.77. The molecular formula is C22H28N6O2. The SMILES string of the molecule is COc1ccc(CN=C(NCc2ccccc2)NCc2nnc(C)n2C)cc1OC. The molecule has 1 aromatic heterocycles. The van der Waals surface area contributed by atoms with Crippen molar-refractivity contribution in [3.8, 4) is 11.5 Å². The number of hydrogen-bond donors (Lipinski definition) is 2. The Morgan fingerprint density at radius 1 is 0.933 bits per heavy atom. The number of nitrogens with zero attached hydrogens (tertiary/aromatic N) is 4. The Morgan fingerprint density at radius 3 is 2.33 bits per heavy atom. The fourth-order valence-corrected chi connectivity index (χ4v) is 2.87. The third-order valence-electron chi connectivity index (χ3n) is 4.77. The van der Waals surface area contributed by atoms with E-state index in [0.29, 0.717) is 37.1 Å². The summed E-state index contributed by atoms with van der Waals surface area (Å²) in [7, 11) is 5.20. The molecule has 30 heavy (non-hydrogen) atoms. The summed E-state index contributed by atoms with van der Waals surface area (Å²) < 4.78 is 12.6. The van der Waals surface area contributed by atoms with Gasteiger partial charge in [-0.15, -0.1) is 10.2 Å². The maximum Gasteiger partial charge on any atom is 0.192 e. The molecule has 8 nitrogen and oxygen atoms in total. The molecule has 158 valence electrons. The molecule has 0 bridgehead atoms. The minimum atomic E-state index is 0.488. The molecule has 3 rings (SSSR count). The van der Waals surface area contributed by atoms with Gasteiger partial charge in [-0.2, -0.15) is 0 Å². The van der Waals surface area contributed by atoms with Crippen LogP contribution in [0.25, 0.3) is 0 Å². The van der Waals surface area contributed by atoms with E-state index >= 15 is 0 Å². The van der Waals surface area contributed by atoms with Gasteiger partial charge in [-0.05, 0) is 30.2 Å². The van der Waals surface area contributed by atoms with Crippen molar-refractivity contribution in [1.29, 1.82) is 0 Å². The van der Waals surface area contributed by atoms with Crippen LogP contribution in [0.5, 0.6) is 11.5 Å². The number of nitrogens with one attached hydrogen (secondary N) is 2. The van der Waals surface area contributed by atoms with E-state index in [1.54, 1.807) is 14.2 Å². The van der Waals surface area contributed by atoms with Gasteiger partial charge in [0.05, 0.1) is 27.3 Å². The van der Waals surface area contributed by atoms with Crippen LogP contribution in [0, 0.1) is 6.92 Å². The van der Waals surface area contributed by atoms with Crippen LogP contribution in [0.4, 0.5) is 0 Å². The molecule has 0 fully saturated rings. The van der Waals surface area contributed by atoms with Crippen molar-refractivity contribution in [2.45, 2.75) is 26.6 Å². The Morgan fingerprint density at radius 2 is 1.67 bits per heavy atom. The zero-order valence-corrected chi connectivity index (χ0v) is 17.8. The largest absolute Gasteiger partial charge is 0.493 e. The minimum Gasteiger partial charge on any atom is -0.493 e. The molecule has 1 heterocycles. The Hall–Kier alpha value is -3.55. The van der Waals surface area contributed by atoms with E-state index < -0.39 is 0 Å². The van der Waals surface area contributed by atoms with Crippen molar-refractivity contribution in [3.05, 3.63) is 71.3 Å². The quantitative estimate of drug-likeness (QED) is 0.440. The summed E-state index contributed by atoms with van der Waals surface area (Å²) in [5.74, 6) is 3.78. The Bertz CT molecular complexity index is 985. The van der Waals surface area contributed by atoms with Crippen LogP contribution in [-0.4, -0.2) is 34.9 Å². The van der Waals surface area contributed by atoms with E-state index in [0.717, 1.165) is 17.2 Å². The van der Waals surface area contributed by atoms with Crippen LogP contribution in [0.1, 0.15) is 22.8 Å². The average molecular weight is 409 g/mol. The molecular weight excluding hydrogens is 380 g/mol. The third kappa shape index (κ3) is 5.50. The average Bonchev–Trinajstić information content (AvgIpc) is 3.11. The van der Waals surface area contributed by atoms with Crippen LogP contribution in [0.15, 0.2) is 53.5 Å². The maximum atomic E-state index is 5.39. The fourth-order valence-electron chi connectivity index (χ4n) is 2.87. The van der Waals surface area contributed by atoms with Gasteiger partial charge >= 0.3 is 0 Å². The lowest BCUT2D eigenvalue weighted by Crippen LogP contribution is -2.37. The second-order valence-corrected chi connectivity index (χ2v) is 6.77. The zero-order chi connectivity index (χ0) is 21.3. The Labute approximate surface area is 177 Å². The molecule has 2 N–H and O–H groups in total. The zero-order valence-electron chi connectivity index (χ0n) is 17.8. The van der Waals surface area contributed by atoms with Gasteiger partial charge in [0.15, 0.2) is 23.3 Å². The Kier molecular flexibility index (Phi) is 7.26. The number of hydrogen-bond acceptors (Lipinski definition) is 5. The summed E-state index contributed by atoms with van der Waals surface area (Å²) >= 11 is 0. The minimum absolute atomic E-state index is 0.488. The van der Waals surface area contributed by atoms with Crippen LogP contribution >= 0.6 is 0 Å². The van der Waals surface area contributed by atoms with Gasteiger partial charge in [0.2, 0.25) is 0 Å². The molecule has 0 unspecified atom stereocenters. The molecule has 0 spiro atoms. The highest BCUT2D eigenvalue weighted by molar-refractivity contribution is 5.79. The van der Waals surface area contributed by atoms with Gasteiger partial charge in [-0.1, -0.05) is 36.4 Å². The lowest BCUT2D eigenvalue weighted by molar-refractivity contribution is 0.354. The summed E-state index contributed by atoms with van der Waals surface area (Å²) in [6.07, 6.45) is 0. The van der Waals surface area contributed by atoms with Gasteiger partial charge in [-0.3, -0.25) is 0 Å². The molecule has 0 aliphatic heterocycles. The summed E-state index contributed by atoms with van der Waals surface area (Å²) in [5.41, 5.74) is 2.19. The van der Waals surface area contributed by atoms with E-state index in [1.807, 2.05) is 54.9 Å². The van der Waals surface area contributed by atoms with Crippen molar-refractivity contribution in [2.24, 2.45) is 12.0 Å². The molecule has 2 aromatic carbocycles. The van der Waals surface area contributed by atoms with Crippen molar-refractivity contribution in [3.63, 3.8) is 0 Å². The predicted octanol–water partition coefficient (Wildman–Crippen LogP) is 2.58. The number of aromatic nitrogens is 3. The smallest absolute Gasteiger partial charge is 0.192 e. The van der Waals surface area contributed by atoms with E-state index in [9.17, 15) is 0 Å². The van der Waals surface area contributed by atoms with Gasteiger partial charge in [0, 0.05) is 13.6 Å². The highest BCUT2D eigenvalue weighted by Gasteiger charge is 2.08. The standard InChI is InChI=1S/C22H28N6O2/c1-16-26-27-21(28(16)2)15-25-22(23-13-17-8-6-5-7-9-17)24-14-18-10-11-19(29-3)20(12-18)30-4/h5-12H,13-15H2,1-4H3,(H2,23,24,25). The topological polar surface area (TPSA) is 85.6 Å². The van der Waals surface area contributed by atoms with Crippen molar-refractivity contribution in [1.82, 2.24) is 25.4 Å². The molecule has 8 heteroatoms. The van der Waals surface area contributed by atoms with Crippen LogP contribution in [0.3, 0.4) is 0 Å². The predicted molar refractivity (Wildman–Crippen MR) is 117 cm³/mol. The van der Waals surface area contributed by atoms with Gasteiger partial charge in [-0.25, -0.2) is 4.99 Å². The molecule has 0 atom stereocenters. The number of rotatable bonds is 8. The van der Waals surface area contributed by atoms with E-state index in [2.05, 4.69) is 33.0 Å². The normalized spacial score (nSPS) is 11.3. The lowest BCUT2D eigenvalue weighted by atomic mass is 10.2. The number of methoxy groups -OCH3 is 2. The highest BCUT2D eigenvalue weighted by atomic mass is 16.5. The van der Waals surface area contributed by atoms with Gasteiger partial charge < -0.3 is 24.7 Å². The Balaban J connectivity index is 1.72. The first-order chi connectivity index (χ1) is 14.6. The first-order valence-electron chi connectivity index (χ1n) is 9.72. The number of aliphatic imine (C=N–C) groups is 1. The summed E-state index contributed by atoms with van der Waals surface area (Å²) in [6.45, 7) is 3.60. The van der Waals surface area contributed by atoms with Crippen LogP contribution in [0.2, 0.25) is 0 Å². The molecule has 0 radical (unpaired) electrons. The van der Waals surface area contributed by atoms with Crippen molar-refractivity contribution < 1.29 is 9.47 Å². The first-order valence-corrected chi connectivity index (χ1v) is 9.72. The van der Waals surface area contributed by atoms with Gasteiger partial charge in [0.25, 0.3) is 0 Å². The van der Waals surface area contributed by atoms with E-state index in [4.69, 9.17) is 14.5 Å². The number of benzene rings is 2. The summed E-state index contributed by atoms with van der Waals surface area (Å²) in [5, 5.41) is 15.0. The monoisotopic (exact) mass is 408 g/mol. The lowest BCUT2D eigenvalue weighted by Gasteiger charge is -2.13. The van der Waals surface area contributed by atoms with E-state index in [-0.39, 0.29) is 0 Å². The van der Waals surface area contributed by atoms with Crippen LogP contribution < -0.4 is 20.1 Å². The maximum absolute atomic E-state index is 5.39. The molecule has 3 aromatic rings. The third-order valence-corrected chi connectivity index (χ3v) is 4.77. The molecule has 0 aliphatic carbocycles. The van der Waals surface area contributed by atoms with E-state index in [1.165, 1.54) is 5.56 Å². The summed E-state index contributed by atoms with van der Waals surface area (Å²) in [4.78, 5) is 4.73. The highest BCUT2D eigenvalue weighted by Crippen LogP contribution is 2.27. The fraction of sp³-hybridized carbons (Fsp3) is 0.318. The van der Waals surface area contributed by atoms with Crippen LogP contribution in [-0.2, 0) is 26.7 Å². The molecule has 0 aliphatic rings. The second kappa shape index (κ2) is 10.3. The number of ether oxygens (including phenoxy) is 2. The number of guanidine groups is 1. The summed E-state index contributed by atoms with van der Waals surface area (Å²) in [6, 6.07) is 16.0. The van der Waals surface area contributed by atoms with Crippen molar-refractivity contribution >= 4 is 5.96 Å². The molecule has 0 saturated carbocycles. The first kappa shape index (κ1) is 21.2. The molecule has 0 amide bonds. The molecule has 0 saturated heterocycles. The van der Waals surface area contributed by atoms with Crippen molar-refractivity contribution in [2.75, 3.05) is 14.2 Å². The van der Waals surface area contributed by atoms with Gasteiger partial charge in [0.1, 0.15) is 5.82 Å². The number of aryl methyl sites for hydroxylation is 1.